The van der Waals surface area contributed by atoms with Crippen molar-refractivity contribution in [1.82, 2.24) is 5.43 Å². The highest BCUT2D eigenvalue weighted by molar-refractivity contribution is 7.80. The van der Waals surface area contributed by atoms with E-state index in [2.05, 4.69) is 57.6 Å². The van der Waals surface area contributed by atoms with Gasteiger partial charge in [-0.05, 0) is 60.1 Å². The van der Waals surface area contributed by atoms with Gasteiger partial charge in [0.1, 0.15) is 0 Å². The fourth-order valence-electron chi connectivity index (χ4n) is 2.41. The summed E-state index contributed by atoms with van der Waals surface area (Å²) < 4.78 is 0. The van der Waals surface area contributed by atoms with Crippen LogP contribution in [0.3, 0.4) is 0 Å². The lowest BCUT2D eigenvalue weighted by Crippen LogP contribution is -2.23. The molecule has 0 aliphatic carbocycles. The van der Waals surface area contributed by atoms with Gasteiger partial charge in [0.15, 0.2) is 5.11 Å². The zero-order valence-corrected chi connectivity index (χ0v) is 17.4. The molecule has 4 aromatic rings. The first-order valence-corrected chi connectivity index (χ1v) is 11.1. The summed E-state index contributed by atoms with van der Waals surface area (Å²) in [6.45, 7) is 0. The molecular formula is C20H15N3S4. The summed E-state index contributed by atoms with van der Waals surface area (Å²) in [4.78, 5) is 6.22. The van der Waals surface area contributed by atoms with E-state index in [0.29, 0.717) is 5.11 Å². The fourth-order valence-corrected chi connectivity index (χ4v) is 5.39. The number of nitrogens with one attached hydrogen (secondary N) is 2. The summed E-state index contributed by atoms with van der Waals surface area (Å²) >= 11 is 10.5. The molecule has 0 bridgehead atoms. The number of para-hydroxylation sites is 1. The molecule has 0 atom stereocenters. The lowest BCUT2D eigenvalue weighted by molar-refractivity contribution is 1.05. The van der Waals surface area contributed by atoms with E-state index in [1.165, 1.54) is 19.5 Å². The number of anilines is 1. The summed E-state index contributed by atoms with van der Waals surface area (Å²) in [7, 11) is 0. The Morgan fingerprint density at radius 2 is 1.56 bits per heavy atom. The molecule has 0 unspecified atom stereocenters. The van der Waals surface area contributed by atoms with Crippen molar-refractivity contribution in [2.45, 2.75) is 0 Å². The number of hydrazone groups is 1. The van der Waals surface area contributed by atoms with Crippen molar-refractivity contribution in [3.05, 3.63) is 77.0 Å². The summed E-state index contributed by atoms with van der Waals surface area (Å²) in [6, 6.07) is 22.6. The van der Waals surface area contributed by atoms with Crippen molar-refractivity contribution in [2.75, 3.05) is 5.32 Å². The van der Waals surface area contributed by atoms with Crippen LogP contribution >= 0.6 is 46.2 Å². The minimum atomic E-state index is 0.466. The van der Waals surface area contributed by atoms with E-state index in [-0.39, 0.29) is 0 Å². The zero-order valence-electron chi connectivity index (χ0n) is 14.1. The van der Waals surface area contributed by atoms with Gasteiger partial charge in [0.2, 0.25) is 0 Å². The third kappa shape index (κ3) is 4.70. The number of thiocarbonyl (C=S) groups is 1. The molecule has 3 heterocycles. The lowest BCUT2D eigenvalue weighted by atomic mass is 10.3. The van der Waals surface area contributed by atoms with Crippen molar-refractivity contribution in [3.8, 4) is 19.5 Å². The van der Waals surface area contributed by atoms with Crippen LogP contribution in [0.2, 0.25) is 0 Å². The van der Waals surface area contributed by atoms with Gasteiger partial charge in [-0.1, -0.05) is 24.3 Å². The second-order valence-electron chi connectivity index (χ2n) is 5.53. The SMILES string of the molecule is S=C(N/N=C/c1ccc(-c2ccc(-c3cccs3)s2)s1)Nc1ccccc1. The Hall–Kier alpha value is -2.32. The fraction of sp³-hybridized carbons (Fsp3) is 0. The van der Waals surface area contributed by atoms with Crippen molar-refractivity contribution < 1.29 is 0 Å². The molecule has 2 N–H and O–H groups in total. The molecule has 134 valence electrons. The third-order valence-electron chi connectivity index (χ3n) is 3.63. The van der Waals surface area contributed by atoms with Crippen LogP contribution in [-0.4, -0.2) is 11.3 Å². The standard InChI is InChI=1S/C20H15N3S4/c24-20(22-14-5-2-1-3-6-14)23-21-13-15-8-9-18(26-15)19-11-10-17(27-19)16-7-4-12-25-16/h1-13H,(H2,22,23,24)/b21-13+. The molecule has 4 rings (SSSR count). The Kier molecular flexibility index (Phi) is 5.74. The molecule has 0 aliphatic rings. The van der Waals surface area contributed by atoms with Gasteiger partial charge in [0.25, 0.3) is 0 Å². The number of rotatable bonds is 5. The maximum atomic E-state index is 5.25. The molecule has 7 heteroatoms. The predicted molar refractivity (Wildman–Crippen MR) is 124 cm³/mol. The number of nitrogens with zero attached hydrogens (tertiary/aromatic N) is 1. The quantitative estimate of drug-likeness (QED) is 0.217. The van der Waals surface area contributed by atoms with E-state index in [9.17, 15) is 0 Å². The van der Waals surface area contributed by atoms with Gasteiger partial charge < -0.3 is 5.32 Å². The predicted octanol–water partition coefficient (Wildman–Crippen LogP) is 6.53. The molecule has 0 fully saturated rings. The van der Waals surface area contributed by atoms with Crippen LogP contribution in [-0.2, 0) is 0 Å². The summed E-state index contributed by atoms with van der Waals surface area (Å²) in [6.07, 6.45) is 1.79. The van der Waals surface area contributed by atoms with Crippen molar-refractivity contribution in [1.29, 1.82) is 0 Å². The van der Waals surface area contributed by atoms with Gasteiger partial charge in [-0.25, -0.2) is 0 Å². The van der Waals surface area contributed by atoms with Gasteiger partial charge in [-0.3, -0.25) is 5.43 Å². The molecule has 1 aromatic carbocycles. The topological polar surface area (TPSA) is 36.4 Å². The molecule has 0 aliphatic heterocycles. The maximum absolute atomic E-state index is 5.25. The van der Waals surface area contributed by atoms with Crippen LogP contribution in [0.15, 0.2) is 77.2 Å². The minimum absolute atomic E-state index is 0.466. The summed E-state index contributed by atoms with van der Waals surface area (Å²) in [5, 5.41) is 9.89. The number of thiophene rings is 3. The van der Waals surface area contributed by atoms with Crippen LogP contribution in [0, 0.1) is 0 Å². The molecule has 27 heavy (non-hydrogen) atoms. The first kappa shape index (κ1) is 18.1. The Morgan fingerprint density at radius 3 is 2.33 bits per heavy atom. The molecule has 0 saturated carbocycles. The average molecular weight is 426 g/mol. The van der Waals surface area contributed by atoms with Gasteiger partial charge in [0.05, 0.1) is 6.21 Å². The normalized spacial score (nSPS) is 11.0. The minimum Gasteiger partial charge on any atom is -0.331 e. The van der Waals surface area contributed by atoms with E-state index >= 15 is 0 Å². The maximum Gasteiger partial charge on any atom is 0.191 e. The van der Waals surface area contributed by atoms with Crippen molar-refractivity contribution in [3.63, 3.8) is 0 Å². The van der Waals surface area contributed by atoms with Gasteiger partial charge in [-0.15, -0.1) is 34.0 Å². The number of hydrogen-bond donors (Lipinski definition) is 2. The van der Waals surface area contributed by atoms with E-state index in [1.54, 1.807) is 28.9 Å². The average Bonchev–Trinajstić information content (AvgIpc) is 3.43. The molecule has 0 spiro atoms. The molecule has 0 saturated heterocycles. The Labute approximate surface area is 175 Å². The van der Waals surface area contributed by atoms with Crippen molar-refractivity contribution >= 4 is 63.2 Å². The number of hydrogen-bond acceptors (Lipinski definition) is 5. The molecule has 3 nitrogen and oxygen atoms in total. The highest BCUT2D eigenvalue weighted by Crippen LogP contribution is 2.38. The highest BCUT2D eigenvalue weighted by Gasteiger charge is 2.07. The second kappa shape index (κ2) is 8.58. The smallest absolute Gasteiger partial charge is 0.191 e. The zero-order chi connectivity index (χ0) is 18.5. The second-order valence-corrected chi connectivity index (χ2v) is 9.09. The summed E-state index contributed by atoms with van der Waals surface area (Å²) in [5.41, 5.74) is 3.78. The number of benzene rings is 1. The van der Waals surface area contributed by atoms with E-state index in [0.717, 1.165) is 10.6 Å². The largest absolute Gasteiger partial charge is 0.331 e. The Morgan fingerprint density at radius 1 is 0.815 bits per heavy atom. The highest BCUT2D eigenvalue weighted by atomic mass is 32.1. The van der Waals surface area contributed by atoms with Crippen molar-refractivity contribution in [2.24, 2.45) is 5.10 Å². The molecule has 0 amide bonds. The van der Waals surface area contributed by atoms with Gasteiger partial charge in [0, 0.05) is 30.1 Å². The van der Waals surface area contributed by atoms with Crippen LogP contribution in [0.5, 0.6) is 0 Å². The molecular weight excluding hydrogens is 411 g/mol. The van der Waals surface area contributed by atoms with Crippen LogP contribution in [0.1, 0.15) is 4.88 Å². The first-order valence-electron chi connectivity index (χ1n) is 8.17. The molecule has 3 aromatic heterocycles. The Balaban J connectivity index is 1.37. The van der Waals surface area contributed by atoms with E-state index in [1.807, 2.05) is 41.7 Å². The van der Waals surface area contributed by atoms with Gasteiger partial charge in [-0.2, -0.15) is 5.10 Å². The van der Waals surface area contributed by atoms with Crippen LogP contribution < -0.4 is 10.7 Å². The summed E-state index contributed by atoms with van der Waals surface area (Å²) in [5.74, 6) is 0. The first-order chi connectivity index (χ1) is 13.3. The lowest BCUT2D eigenvalue weighted by Gasteiger charge is -2.05. The van der Waals surface area contributed by atoms with E-state index in [4.69, 9.17) is 12.2 Å². The Bertz CT molecular complexity index is 1050. The van der Waals surface area contributed by atoms with Crippen LogP contribution in [0.4, 0.5) is 5.69 Å². The van der Waals surface area contributed by atoms with E-state index < -0.39 is 0 Å². The molecule has 0 radical (unpaired) electrons. The monoisotopic (exact) mass is 425 g/mol. The van der Waals surface area contributed by atoms with Gasteiger partial charge >= 0.3 is 0 Å². The van der Waals surface area contributed by atoms with Crippen LogP contribution in [0.25, 0.3) is 19.5 Å². The third-order valence-corrected chi connectivity index (χ3v) is 7.19.